The van der Waals surface area contributed by atoms with Gasteiger partial charge in [0.2, 0.25) is 5.91 Å². The molecule has 2 aromatic rings. The van der Waals surface area contributed by atoms with Gasteiger partial charge in [0.15, 0.2) is 0 Å². The average molecular weight is 343 g/mol. The number of nitrogens with one attached hydrogen (secondary N) is 1. The fourth-order valence-corrected chi connectivity index (χ4v) is 2.74. The van der Waals surface area contributed by atoms with E-state index >= 15 is 0 Å². The zero-order chi connectivity index (χ0) is 18.0. The Bertz CT molecular complexity index is 782. The first-order valence-corrected chi connectivity index (χ1v) is 8.27. The standard InChI is InChI=1S/C18H22FN5O/c1-12-4-5-14(8-15(12)19)13(2)22-16-9-17(21-11-20-16)24-7-6-23(3)18(25)10-24/h4-5,8-9,11,13H,6-7,10H2,1-3H3,(H,20,21,22). The second kappa shape index (κ2) is 7.04. The lowest BCUT2D eigenvalue weighted by Gasteiger charge is -2.32. The van der Waals surface area contributed by atoms with Crippen molar-refractivity contribution in [3.05, 3.63) is 47.5 Å². The minimum absolute atomic E-state index is 0.0721. The topological polar surface area (TPSA) is 61.4 Å². The molecule has 1 N–H and O–H groups in total. The van der Waals surface area contributed by atoms with E-state index in [9.17, 15) is 9.18 Å². The van der Waals surface area contributed by atoms with Gasteiger partial charge in [-0.15, -0.1) is 0 Å². The molecule has 6 nitrogen and oxygen atoms in total. The van der Waals surface area contributed by atoms with Crippen LogP contribution in [0.3, 0.4) is 0 Å². The van der Waals surface area contributed by atoms with Crippen LogP contribution in [0.15, 0.2) is 30.6 Å². The van der Waals surface area contributed by atoms with Crippen molar-refractivity contribution in [2.75, 3.05) is 36.9 Å². The van der Waals surface area contributed by atoms with E-state index in [-0.39, 0.29) is 17.8 Å². The molecule has 1 atom stereocenters. The first kappa shape index (κ1) is 17.1. The number of halogens is 1. The van der Waals surface area contributed by atoms with Crippen molar-refractivity contribution in [1.82, 2.24) is 14.9 Å². The molecule has 1 saturated heterocycles. The Hall–Kier alpha value is -2.70. The molecule has 1 aliphatic heterocycles. The molecule has 0 radical (unpaired) electrons. The smallest absolute Gasteiger partial charge is 0.241 e. The fourth-order valence-electron chi connectivity index (χ4n) is 2.74. The zero-order valence-corrected chi connectivity index (χ0v) is 14.7. The molecule has 1 fully saturated rings. The summed E-state index contributed by atoms with van der Waals surface area (Å²) < 4.78 is 13.8. The quantitative estimate of drug-likeness (QED) is 0.923. The van der Waals surface area contributed by atoms with E-state index in [0.717, 1.165) is 12.1 Å². The summed E-state index contributed by atoms with van der Waals surface area (Å²) in [6.07, 6.45) is 1.48. The van der Waals surface area contributed by atoms with Gasteiger partial charge in [-0.3, -0.25) is 4.79 Å². The number of hydrogen-bond acceptors (Lipinski definition) is 5. The SMILES string of the molecule is Cc1ccc(C(C)Nc2cc(N3CCN(C)C(=O)C3)ncn2)cc1F. The van der Waals surface area contributed by atoms with Crippen molar-refractivity contribution >= 4 is 17.5 Å². The zero-order valence-electron chi connectivity index (χ0n) is 14.7. The van der Waals surface area contributed by atoms with Crippen LogP contribution in [0.2, 0.25) is 0 Å². The van der Waals surface area contributed by atoms with Crippen LogP contribution in [0.5, 0.6) is 0 Å². The third-order valence-electron chi connectivity index (χ3n) is 4.49. The van der Waals surface area contributed by atoms with Gasteiger partial charge < -0.3 is 15.1 Å². The van der Waals surface area contributed by atoms with Crippen molar-refractivity contribution in [2.45, 2.75) is 19.9 Å². The third kappa shape index (κ3) is 3.87. The molecule has 132 valence electrons. The number of hydrogen-bond donors (Lipinski definition) is 1. The van der Waals surface area contributed by atoms with Gasteiger partial charge >= 0.3 is 0 Å². The molecule has 0 bridgehead atoms. The molecular formula is C18H22FN5O. The van der Waals surface area contributed by atoms with Gasteiger partial charge in [0.05, 0.1) is 12.6 Å². The van der Waals surface area contributed by atoms with Gasteiger partial charge in [-0.2, -0.15) is 0 Å². The molecular weight excluding hydrogens is 321 g/mol. The number of aromatic nitrogens is 2. The Morgan fingerprint density at radius 3 is 2.76 bits per heavy atom. The van der Waals surface area contributed by atoms with Crippen LogP contribution in [0.4, 0.5) is 16.0 Å². The number of rotatable bonds is 4. The van der Waals surface area contributed by atoms with Crippen LogP contribution in [0.25, 0.3) is 0 Å². The van der Waals surface area contributed by atoms with Crippen LogP contribution < -0.4 is 10.2 Å². The summed E-state index contributed by atoms with van der Waals surface area (Å²) in [7, 11) is 1.80. The minimum Gasteiger partial charge on any atom is -0.363 e. The van der Waals surface area contributed by atoms with Crippen molar-refractivity contribution in [3.8, 4) is 0 Å². The van der Waals surface area contributed by atoms with E-state index in [4.69, 9.17) is 0 Å². The average Bonchev–Trinajstić information content (AvgIpc) is 2.60. The van der Waals surface area contributed by atoms with E-state index in [1.54, 1.807) is 24.9 Å². The van der Waals surface area contributed by atoms with Crippen LogP contribution >= 0.6 is 0 Å². The predicted molar refractivity (Wildman–Crippen MR) is 95.1 cm³/mol. The second-order valence-electron chi connectivity index (χ2n) is 6.37. The van der Waals surface area contributed by atoms with Gasteiger partial charge in [0.25, 0.3) is 0 Å². The van der Waals surface area contributed by atoms with Gasteiger partial charge in [0, 0.05) is 26.2 Å². The van der Waals surface area contributed by atoms with Crippen LogP contribution in [-0.2, 0) is 4.79 Å². The van der Waals surface area contributed by atoms with Crippen molar-refractivity contribution in [3.63, 3.8) is 0 Å². The predicted octanol–water partition coefficient (Wildman–Crippen LogP) is 2.38. The molecule has 1 aromatic carbocycles. The number of carbonyl (C=O) groups excluding carboxylic acids is 1. The number of piperazine rings is 1. The summed E-state index contributed by atoms with van der Waals surface area (Å²) in [5.41, 5.74) is 1.47. The monoisotopic (exact) mass is 343 g/mol. The van der Waals surface area contributed by atoms with E-state index in [2.05, 4.69) is 15.3 Å². The number of carbonyl (C=O) groups is 1. The van der Waals surface area contributed by atoms with Gasteiger partial charge in [-0.25, -0.2) is 14.4 Å². The van der Waals surface area contributed by atoms with Crippen molar-refractivity contribution < 1.29 is 9.18 Å². The minimum atomic E-state index is -0.217. The lowest BCUT2D eigenvalue weighted by atomic mass is 10.1. The molecule has 1 aliphatic rings. The van der Waals surface area contributed by atoms with Gasteiger partial charge in [-0.1, -0.05) is 12.1 Å². The van der Waals surface area contributed by atoms with Gasteiger partial charge in [0.1, 0.15) is 23.8 Å². The third-order valence-corrected chi connectivity index (χ3v) is 4.49. The van der Waals surface area contributed by atoms with Crippen LogP contribution in [0, 0.1) is 12.7 Å². The largest absolute Gasteiger partial charge is 0.363 e. The van der Waals surface area contributed by atoms with Crippen LogP contribution in [0.1, 0.15) is 24.1 Å². The first-order valence-electron chi connectivity index (χ1n) is 8.27. The lowest BCUT2D eigenvalue weighted by molar-refractivity contribution is -0.129. The lowest BCUT2D eigenvalue weighted by Crippen LogP contribution is -2.48. The Morgan fingerprint density at radius 2 is 2.04 bits per heavy atom. The van der Waals surface area contributed by atoms with Crippen molar-refractivity contribution in [1.29, 1.82) is 0 Å². The first-order chi connectivity index (χ1) is 11.9. The summed E-state index contributed by atoms with van der Waals surface area (Å²) in [6, 6.07) is 6.92. The second-order valence-corrected chi connectivity index (χ2v) is 6.37. The molecule has 25 heavy (non-hydrogen) atoms. The fraction of sp³-hybridized carbons (Fsp3) is 0.389. The summed E-state index contributed by atoms with van der Waals surface area (Å²) in [5.74, 6) is 1.21. The highest BCUT2D eigenvalue weighted by Crippen LogP contribution is 2.22. The summed E-state index contributed by atoms with van der Waals surface area (Å²) >= 11 is 0. The normalized spacial score (nSPS) is 16.1. The number of anilines is 2. The maximum atomic E-state index is 13.8. The van der Waals surface area contributed by atoms with E-state index in [1.807, 2.05) is 24.0 Å². The number of aryl methyl sites for hydroxylation is 1. The van der Waals surface area contributed by atoms with E-state index in [0.29, 0.717) is 30.3 Å². The molecule has 0 aliphatic carbocycles. The summed E-state index contributed by atoms with van der Waals surface area (Å²) in [6.45, 7) is 5.41. The van der Waals surface area contributed by atoms with E-state index < -0.39 is 0 Å². The molecule has 0 spiro atoms. The molecule has 2 heterocycles. The number of nitrogens with zero attached hydrogens (tertiary/aromatic N) is 4. The van der Waals surface area contributed by atoms with Crippen molar-refractivity contribution in [2.24, 2.45) is 0 Å². The summed E-state index contributed by atoms with van der Waals surface area (Å²) in [4.78, 5) is 24.0. The highest BCUT2D eigenvalue weighted by molar-refractivity contribution is 5.82. The maximum Gasteiger partial charge on any atom is 0.241 e. The Morgan fingerprint density at radius 1 is 1.24 bits per heavy atom. The van der Waals surface area contributed by atoms with Crippen LogP contribution in [-0.4, -0.2) is 47.5 Å². The molecule has 1 amide bonds. The maximum absolute atomic E-state index is 13.8. The molecule has 1 aromatic heterocycles. The summed E-state index contributed by atoms with van der Waals surface area (Å²) in [5, 5.41) is 3.26. The Labute approximate surface area is 146 Å². The highest BCUT2D eigenvalue weighted by atomic mass is 19.1. The molecule has 3 rings (SSSR count). The van der Waals surface area contributed by atoms with Gasteiger partial charge in [-0.05, 0) is 31.0 Å². The Kier molecular flexibility index (Phi) is 4.83. The number of amides is 1. The molecule has 1 unspecified atom stereocenters. The number of likely N-dealkylation sites (N-methyl/N-ethyl adjacent to an activating group) is 1. The Balaban J connectivity index is 1.73. The highest BCUT2D eigenvalue weighted by Gasteiger charge is 2.22. The number of benzene rings is 1. The molecule has 7 heteroatoms. The molecule has 0 saturated carbocycles. The van der Waals surface area contributed by atoms with E-state index in [1.165, 1.54) is 12.4 Å².